The maximum atomic E-state index is 13.8. The zero-order valence-corrected chi connectivity index (χ0v) is 51.5. The molecule has 9 fully saturated rings. The Morgan fingerprint density at radius 2 is 1.14 bits per heavy atom. The Morgan fingerprint density at radius 3 is 1.74 bits per heavy atom. The molecule has 0 aromatic heterocycles. The Morgan fingerprint density at radius 1 is 0.580 bits per heavy atom. The quantitative estimate of drug-likeness (QED) is 0.0606. The van der Waals surface area contributed by atoms with E-state index in [9.17, 15) is 66.1 Å². The first-order chi connectivity index (χ1) is 41.7. The highest BCUT2D eigenvalue weighted by Crippen LogP contribution is 2.72. The van der Waals surface area contributed by atoms with E-state index in [-0.39, 0.29) is 44.1 Å². The van der Waals surface area contributed by atoms with Gasteiger partial charge in [0.05, 0.1) is 72.5 Å². The molecule has 27 heteroatoms. The minimum atomic E-state index is -1.90. The van der Waals surface area contributed by atoms with Crippen LogP contribution in [-0.2, 0) is 66.3 Å². The van der Waals surface area contributed by atoms with Gasteiger partial charge in [-0.3, -0.25) is 0 Å². The molecule has 502 valence electrons. The van der Waals surface area contributed by atoms with Crippen LogP contribution in [0.4, 0.5) is 0 Å². The molecule has 0 amide bonds. The van der Waals surface area contributed by atoms with Crippen molar-refractivity contribution in [2.75, 3.05) is 34.5 Å². The van der Waals surface area contributed by atoms with Crippen LogP contribution in [0.1, 0.15) is 116 Å². The van der Waals surface area contributed by atoms with E-state index >= 15 is 0 Å². The molecule has 5 aliphatic heterocycles. The van der Waals surface area contributed by atoms with Crippen molar-refractivity contribution in [3.05, 3.63) is 35.9 Å². The van der Waals surface area contributed by atoms with E-state index in [2.05, 4.69) is 6.92 Å². The Balaban J connectivity index is 0.730. The van der Waals surface area contributed by atoms with Crippen molar-refractivity contribution in [2.45, 2.75) is 282 Å². The summed E-state index contributed by atoms with van der Waals surface area (Å²) in [5.41, 5.74) is -7.25. The average Bonchev–Trinajstić information content (AvgIpc) is 1.74. The maximum Gasteiger partial charge on any atom is 0.338 e. The largest absolute Gasteiger partial charge is 0.458 e. The standard InChI is InChI=1S/C61H96O27/c1-27-48(34(75-7)22-40(78-27)81-33-16-17-57(5)32(21-33)15-18-60(73)38(57)24-39(84-53(71)31-13-11-10-12-14-31)58(6)59(72,30(4)64)19-20-61(58,60)74)85-41-23-35(76-8)49(28(2)79-41)86-56-47(70)52(77-9)50(29(3)80-56)87-55-46(69)44(67)51(37(26-63)83-55)88-54-45(68)43(66)42(65)36(25-62)82-54/h10-14,27-30,32-52,54-56,62-70,72-74H,15-26H2,1-9H3/t27-,28-,29-,30+,32+,33+,34+,35-,36-,37-,38-,39-,40+,41+,42-,43+,44-,45-,46-,47-,48-,49-,50-,51-,52+,54+,55+,56+,57+,58-,59-,60+,61-/m1/s1. The molecule has 4 aliphatic carbocycles. The van der Waals surface area contributed by atoms with Crippen molar-refractivity contribution in [3.63, 3.8) is 0 Å². The second-order valence-corrected chi connectivity index (χ2v) is 26.7. The zero-order valence-electron chi connectivity index (χ0n) is 51.5. The van der Waals surface area contributed by atoms with Crippen molar-refractivity contribution in [1.82, 2.24) is 0 Å². The van der Waals surface area contributed by atoms with Gasteiger partial charge in [-0.15, -0.1) is 0 Å². The summed E-state index contributed by atoms with van der Waals surface area (Å²) in [7, 11) is 4.43. The van der Waals surface area contributed by atoms with E-state index in [0.717, 1.165) is 0 Å². The van der Waals surface area contributed by atoms with Gasteiger partial charge in [-0.2, -0.15) is 0 Å². The Hall–Kier alpha value is -2.31. The molecule has 0 spiro atoms. The second kappa shape index (κ2) is 26.8. The molecule has 1 aromatic carbocycles. The molecule has 10 rings (SSSR count). The van der Waals surface area contributed by atoms with Crippen LogP contribution in [0, 0.1) is 22.7 Å². The van der Waals surface area contributed by atoms with Crippen LogP contribution in [0.25, 0.3) is 0 Å². The topological polar surface area (TPSA) is 389 Å². The number of esters is 1. The van der Waals surface area contributed by atoms with Gasteiger partial charge in [-0.25, -0.2) is 4.79 Å². The molecule has 0 radical (unpaired) electrons. The minimum absolute atomic E-state index is 0.00589. The van der Waals surface area contributed by atoms with Crippen molar-refractivity contribution in [3.8, 4) is 0 Å². The summed E-state index contributed by atoms with van der Waals surface area (Å²) in [4.78, 5) is 13.8. The third-order valence-electron chi connectivity index (χ3n) is 22.2. The number of carbonyl (C=O) groups is 1. The molecule has 0 bridgehead atoms. The smallest absolute Gasteiger partial charge is 0.338 e. The lowest BCUT2D eigenvalue weighted by Gasteiger charge is -2.69. The first-order valence-electron chi connectivity index (χ1n) is 31.2. The third-order valence-corrected chi connectivity index (χ3v) is 22.2. The molecule has 0 unspecified atom stereocenters. The lowest BCUT2D eigenvalue weighted by molar-refractivity contribution is -0.385. The highest BCUT2D eigenvalue weighted by Gasteiger charge is 2.82. The second-order valence-electron chi connectivity index (χ2n) is 26.7. The fourth-order valence-corrected chi connectivity index (χ4v) is 16.9. The summed E-state index contributed by atoms with van der Waals surface area (Å²) in [5, 5.41) is 135. The number of carbonyl (C=O) groups excluding carboxylic acids is 1. The monoisotopic (exact) mass is 1260 g/mol. The summed E-state index contributed by atoms with van der Waals surface area (Å²) < 4.78 is 86.2. The van der Waals surface area contributed by atoms with Crippen LogP contribution in [-0.4, -0.2) is 278 Å². The number of methoxy groups -OCH3 is 3. The Kier molecular flexibility index (Phi) is 20.9. The van der Waals surface area contributed by atoms with Gasteiger partial charge >= 0.3 is 5.97 Å². The van der Waals surface area contributed by atoms with E-state index in [1.54, 1.807) is 58.2 Å². The maximum absolute atomic E-state index is 13.8. The number of fused-ring (bicyclic) bond motifs is 5. The van der Waals surface area contributed by atoms with E-state index < -0.39 is 206 Å². The van der Waals surface area contributed by atoms with Crippen LogP contribution in [0.2, 0.25) is 0 Å². The molecule has 12 N–H and O–H groups in total. The lowest BCUT2D eigenvalue weighted by Crippen LogP contribution is -2.79. The molecule has 33 atom stereocenters. The summed E-state index contributed by atoms with van der Waals surface area (Å²) in [6.45, 7) is 8.98. The van der Waals surface area contributed by atoms with Crippen molar-refractivity contribution in [1.29, 1.82) is 0 Å². The normalized spacial score (nSPS) is 51.8. The predicted octanol–water partition coefficient (Wildman–Crippen LogP) is -1.21. The van der Waals surface area contributed by atoms with E-state index in [0.29, 0.717) is 37.7 Å². The number of benzene rings is 1. The minimum Gasteiger partial charge on any atom is -0.458 e. The van der Waals surface area contributed by atoms with Gasteiger partial charge < -0.3 is 128 Å². The molecular weight excluding hydrogens is 1160 g/mol. The first-order valence-corrected chi connectivity index (χ1v) is 31.2. The predicted molar refractivity (Wildman–Crippen MR) is 299 cm³/mol. The molecule has 1 aromatic rings. The van der Waals surface area contributed by atoms with Crippen LogP contribution < -0.4 is 0 Å². The summed E-state index contributed by atoms with van der Waals surface area (Å²) in [5.74, 6) is -1.10. The van der Waals surface area contributed by atoms with Crippen molar-refractivity contribution < 1.29 is 132 Å². The van der Waals surface area contributed by atoms with Crippen LogP contribution in [0.15, 0.2) is 30.3 Å². The van der Waals surface area contributed by atoms with Gasteiger partial charge in [0, 0.05) is 34.2 Å². The molecule has 5 saturated heterocycles. The van der Waals surface area contributed by atoms with Gasteiger partial charge in [0.2, 0.25) is 0 Å². The third kappa shape index (κ3) is 11.9. The van der Waals surface area contributed by atoms with Crippen molar-refractivity contribution in [2.24, 2.45) is 22.7 Å². The number of rotatable bonds is 18. The molecule has 88 heavy (non-hydrogen) atoms. The molecule has 27 nitrogen and oxygen atoms in total. The number of hydrogen-bond donors (Lipinski definition) is 12. The van der Waals surface area contributed by atoms with Gasteiger partial charge in [0.25, 0.3) is 0 Å². The molecule has 5 heterocycles. The lowest BCUT2D eigenvalue weighted by atomic mass is 9.40. The Labute approximate surface area is 512 Å². The fraction of sp³-hybridized carbons (Fsp3) is 0.885. The summed E-state index contributed by atoms with van der Waals surface area (Å²) >= 11 is 0. The highest BCUT2D eigenvalue weighted by atomic mass is 16.8. The zero-order chi connectivity index (χ0) is 63.7. The van der Waals surface area contributed by atoms with E-state index in [1.807, 2.05) is 6.92 Å². The summed E-state index contributed by atoms with van der Waals surface area (Å²) in [6.07, 6.45) is -27.4. The average molecular weight is 1260 g/mol. The number of hydrogen-bond acceptors (Lipinski definition) is 27. The number of aliphatic hydroxyl groups is 12. The highest BCUT2D eigenvalue weighted by molar-refractivity contribution is 5.89. The van der Waals surface area contributed by atoms with Crippen LogP contribution >= 0.6 is 0 Å². The van der Waals surface area contributed by atoms with Gasteiger partial charge in [0.1, 0.15) is 96.7 Å². The SMILES string of the molecule is CO[C@H]1[C@@H](O)[C@H](O[C@@H]2[C@@H](C)O[C@@H](O[C@H]3[C@@H](OC)C[C@H](O[C@H]4CC[C@@]5(C)[C@@H](CC[C@]6(O)[C@@H]5C[C@@H](OC(=O)c5ccccc5)[C@@]5(C)[C@]6(O)CC[C@@]5(O)[C@H](C)O)C4)O[C@@H]3C)C[C@H]2OC)O[C@H](C)[C@H]1O[C@@H]1O[C@H](CO)[C@@H](O[C@@H]2O[C@H](CO)[C@@H](O)[C@H](O)[C@H]2O)[C@H](O)[C@H]1O. The molecule has 9 aliphatic rings. The first kappa shape index (κ1) is 68.5. The molecular formula is C61H96O27. The fourth-order valence-electron chi connectivity index (χ4n) is 16.9. The summed E-state index contributed by atoms with van der Waals surface area (Å²) in [6, 6.07) is 8.52. The van der Waals surface area contributed by atoms with Crippen molar-refractivity contribution >= 4 is 5.97 Å². The van der Waals surface area contributed by atoms with Gasteiger partial charge in [-0.1, -0.05) is 32.0 Å². The van der Waals surface area contributed by atoms with E-state index in [1.165, 1.54) is 21.1 Å². The Bertz CT molecular complexity index is 2470. The van der Waals surface area contributed by atoms with Crippen LogP contribution in [0.5, 0.6) is 0 Å². The van der Waals surface area contributed by atoms with E-state index in [4.69, 9.17) is 66.3 Å². The molecule has 4 saturated carbocycles. The van der Waals surface area contributed by atoms with Crippen LogP contribution in [0.3, 0.4) is 0 Å². The number of aliphatic hydroxyl groups excluding tert-OH is 9. The van der Waals surface area contributed by atoms with Gasteiger partial charge in [-0.05, 0) is 108 Å². The van der Waals surface area contributed by atoms with Gasteiger partial charge in [0.15, 0.2) is 31.5 Å². The number of ether oxygens (including phenoxy) is 14.